The van der Waals surface area contributed by atoms with Crippen molar-refractivity contribution in [3.8, 4) is 5.75 Å². The van der Waals surface area contributed by atoms with Crippen molar-refractivity contribution < 1.29 is 18.7 Å². The van der Waals surface area contributed by atoms with Crippen LogP contribution in [0.2, 0.25) is 0 Å². The lowest BCUT2D eigenvalue weighted by Gasteiger charge is -2.24. The monoisotopic (exact) mass is 448 g/mol. The summed E-state index contributed by atoms with van der Waals surface area (Å²) < 4.78 is 18.5. The first-order valence-corrected chi connectivity index (χ1v) is 10.8. The highest BCUT2D eigenvalue weighted by molar-refractivity contribution is 6.04. The molecule has 0 saturated carbocycles. The van der Waals surface area contributed by atoms with Crippen LogP contribution in [0.15, 0.2) is 54.7 Å². The molecule has 7 nitrogen and oxygen atoms in total. The first kappa shape index (κ1) is 22.4. The van der Waals surface area contributed by atoms with Gasteiger partial charge in [0.1, 0.15) is 11.6 Å². The van der Waals surface area contributed by atoms with E-state index in [0.717, 1.165) is 18.4 Å². The fourth-order valence-electron chi connectivity index (χ4n) is 4.05. The zero-order valence-electron chi connectivity index (χ0n) is 18.5. The van der Waals surface area contributed by atoms with Gasteiger partial charge in [-0.2, -0.15) is 0 Å². The molecule has 33 heavy (non-hydrogen) atoms. The quantitative estimate of drug-likeness (QED) is 0.614. The molecule has 0 spiro atoms. The number of halogens is 1. The Morgan fingerprint density at radius 3 is 2.67 bits per heavy atom. The van der Waals surface area contributed by atoms with Crippen LogP contribution < -0.4 is 10.1 Å². The molecule has 0 bridgehead atoms. The molecule has 2 amide bonds. The van der Waals surface area contributed by atoms with Gasteiger partial charge in [-0.05, 0) is 50.1 Å². The minimum absolute atomic E-state index is 0.0126. The summed E-state index contributed by atoms with van der Waals surface area (Å²) >= 11 is 0. The Morgan fingerprint density at radius 1 is 1.18 bits per heavy atom. The van der Waals surface area contributed by atoms with Crippen molar-refractivity contribution >= 4 is 17.5 Å². The van der Waals surface area contributed by atoms with Crippen molar-refractivity contribution in [1.82, 2.24) is 14.9 Å². The topological polar surface area (TPSA) is 84.4 Å². The highest BCUT2D eigenvalue weighted by Gasteiger charge is 2.32. The van der Waals surface area contributed by atoms with E-state index >= 15 is 0 Å². The molecule has 0 radical (unpaired) electrons. The van der Waals surface area contributed by atoms with E-state index in [2.05, 4.69) is 15.3 Å². The number of ether oxygens (including phenoxy) is 1. The molecule has 1 N–H and O–H groups in total. The smallest absolute Gasteiger partial charge is 0.259 e. The maximum Gasteiger partial charge on any atom is 0.259 e. The minimum atomic E-state index is -0.377. The standard InChI is InChI=1S/C25H25FN4O3/c1-16-20(25(32)29-19-11-9-18(26)10-12-19)15-27-24(28-16)21-7-5-13-30(21)23(31)14-17-6-3-4-8-22(17)33-2/h3-4,6,8-12,15,21H,5,7,13-14H2,1-2H3,(H,29,32). The van der Waals surface area contributed by atoms with Gasteiger partial charge in [-0.3, -0.25) is 9.59 Å². The average Bonchev–Trinajstić information content (AvgIpc) is 3.31. The summed E-state index contributed by atoms with van der Waals surface area (Å²) in [6, 6.07) is 12.8. The zero-order chi connectivity index (χ0) is 23.4. The van der Waals surface area contributed by atoms with Crippen molar-refractivity contribution in [2.75, 3.05) is 19.0 Å². The van der Waals surface area contributed by atoms with Crippen molar-refractivity contribution in [1.29, 1.82) is 0 Å². The molecule has 3 aromatic rings. The Balaban J connectivity index is 1.48. The Labute approximate surface area is 191 Å². The number of nitrogens with one attached hydrogen (secondary N) is 1. The summed E-state index contributed by atoms with van der Waals surface area (Å²) in [5, 5.41) is 2.72. The van der Waals surface area contributed by atoms with Gasteiger partial charge < -0.3 is 15.0 Å². The molecule has 1 aliphatic heterocycles. The summed E-state index contributed by atoms with van der Waals surface area (Å²) in [6.07, 6.45) is 3.34. The third-order valence-electron chi connectivity index (χ3n) is 5.75. The number of hydrogen-bond donors (Lipinski definition) is 1. The zero-order valence-corrected chi connectivity index (χ0v) is 18.5. The van der Waals surface area contributed by atoms with Crippen LogP contribution in [-0.2, 0) is 11.2 Å². The number of likely N-dealkylation sites (tertiary alicyclic amines) is 1. The summed E-state index contributed by atoms with van der Waals surface area (Å²) in [6.45, 7) is 2.37. The van der Waals surface area contributed by atoms with Crippen LogP contribution in [0, 0.1) is 12.7 Å². The van der Waals surface area contributed by atoms with Gasteiger partial charge in [-0.15, -0.1) is 0 Å². The van der Waals surface area contributed by atoms with Gasteiger partial charge in [-0.25, -0.2) is 14.4 Å². The highest BCUT2D eigenvalue weighted by atomic mass is 19.1. The maximum atomic E-state index is 13.1. The number of hydrogen-bond acceptors (Lipinski definition) is 5. The number of para-hydroxylation sites is 1. The molecule has 1 fully saturated rings. The first-order chi connectivity index (χ1) is 16.0. The number of rotatable bonds is 6. The van der Waals surface area contributed by atoms with Crippen LogP contribution in [0.5, 0.6) is 5.75 Å². The third-order valence-corrected chi connectivity index (χ3v) is 5.75. The molecular weight excluding hydrogens is 423 g/mol. The number of nitrogens with zero attached hydrogens (tertiary/aromatic N) is 3. The molecular formula is C25H25FN4O3. The van der Waals surface area contributed by atoms with E-state index in [1.807, 2.05) is 24.3 Å². The molecule has 1 unspecified atom stereocenters. The van der Waals surface area contributed by atoms with Crippen LogP contribution in [0.1, 0.15) is 46.3 Å². The number of amides is 2. The number of anilines is 1. The first-order valence-electron chi connectivity index (χ1n) is 10.8. The molecule has 1 aliphatic rings. The van der Waals surface area contributed by atoms with Crippen LogP contribution in [-0.4, -0.2) is 40.3 Å². The molecule has 1 aromatic heterocycles. The van der Waals surface area contributed by atoms with Gasteiger partial charge in [0, 0.05) is 24.0 Å². The molecule has 0 aliphatic carbocycles. The lowest BCUT2D eigenvalue weighted by Crippen LogP contribution is -2.33. The number of methoxy groups -OCH3 is 1. The summed E-state index contributed by atoms with van der Waals surface area (Å²) in [5.74, 6) is 0.447. The van der Waals surface area contributed by atoms with Gasteiger partial charge in [0.15, 0.2) is 5.82 Å². The van der Waals surface area contributed by atoms with Gasteiger partial charge in [0.05, 0.1) is 30.8 Å². The fraction of sp³-hybridized carbons (Fsp3) is 0.280. The Bertz CT molecular complexity index is 1170. The highest BCUT2D eigenvalue weighted by Crippen LogP contribution is 2.31. The normalized spacial score (nSPS) is 15.4. The largest absolute Gasteiger partial charge is 0.496 e. The predicted octanol–water partition coefficient (Wildman–Crippen LogP) is 4.09. The Morgan fingerprint density at radius 2 is 1.94 bits per heavy atom. The van der Waals surface area contributed by atoms with E-state index in [4.69, 9.17) is 4.74 Å². The van der Waals surface area contributed by atoms with Crippen molar-refractivity contribution in [3.05, 3.63) is 83.2 Å². The van der Waals surface area contributed by atoms with Crippen LogP contribution in [0.25, 0.3) is 0 Å². The van der Waals surface area contributed by atoms with Gasteiger partial charge in [0.25, 0.3) is 5.91 Å². The Hall–Kier alpha value is -3.81. The second-order valence-electron chi connectivity index (χ2n) is 7.92. The van der Waals surface area contributed by atoms with Crippen LogP contribution >= 0.6 is 0 Å². The molecule has 4 rings (SSSR count). The van der Waals surface area contributed by atoms with E-state index in [1.165, 1.54) is 30.5 Å². The number of aryl methyl sites for hydroxylation is 1. The summed E-state index contributed by atoms with van der Waals surface area (Å²) in [5.41, 5.74) is 2.16. The van der Waals surface area contributed by atoms with Gasteiger partial charge in [-0.1, -0.05) is 18.2 Å². The maximum absolute atomic E-state index is 13.1. The molecule has 1 atom stereocenters. The molecule has 8 heteroatoms. The number of carbonyl (C=O) groups excluding carboxylic acids is 2. The fourth-order valence-corrected chi connectivity index (χ4v) is 4.05. The van der Waals surface area contributed by atoms with E-state index in [1.54, 1.807) is 18.9 Å². The summed E-state index contributed by atoms with van der Waals surface area (Å²) in [4.78, 5) is 36.5. The average molecular weight is 448 g/mol. The van der Waals surface area contributed by atoms with E-state index in [0.29, 0.717) is 35.1 Å². The number of benzene rings is 2. The second kappa shape index (κ2) is 9.77. The van der Waals surface area contributed by atoms with E-state index < -0.39 is 0 Å². The lowest BCUT2D eigenvalue weighted by atomic mass is 10.1. The lowest BCUT2D eigenvalue weighted by molar-refractivity contribution is -0.131. The molecule has 1 saturated heterocycles. The molecule has 170 valence electrons. The minimum Gasteiger partial charge on any atom is -0.496 e. The third kappa shape index (κ3) is 5.00. The van der Waals surface area contributed by atoms with E-state index in [-0.39, 0.29) is 30.1 Å². The molecule has 2 aromatic carbocycles. The van der Waals surface area contributed by atoms with Crippen LogP contribution in [0.3, 0.4) is 0 Å². The summed E-state index contributed by atoms with van der Waals surface area (Å²) in [7, 11) is 1.59. The van der Waals surface area contributed by atoms with Crippen molar-refractivity contribution in [2.24, 2.45) is 0 Å². The van der Waals surface area contributed by atoms with Gasteiger partial charge in [0.2, 0.25) is 5.91 Å². The number of carbonyl (C=O) groups is 2. The Kier molecular flexibility index (Phi) is 6.63. The SMILES string of the molecule is COc1ccccc1CC(=O)N1CCCC1c1ncc(C(=O)Nc2ccc(F)cc2)c(C)n1. The van der Waals surface area contributed by atoms with Crippen molar-refractivity contribution in [2.45, 2.75) is 32.2 Å². The van der Waals surface area contributed by atoms with Crippen LogP contribution in [0.4, 0.5) is 10.1 Å². The van der Waals surface area contributed by atoms with Crippen molar-refractivity contribution in [3.63, 3.8) is 0 Å². The molecule has 2 heterocycles. The number of aromatic nitrogens is 2. The predicted molar refractivity (Wildman–Crippen MR) is 122 cm³/mol. The second-order valence-corrected chi connectivity index (χ2v) is 7.92. The van der Waals surface area contributed by atoms with E-state index in [9.17, 15) is 14.0 Å². The van der Waals surface area contributed by atoms with Gasteiger partial charge >= 0.3 is 0 Å².